The zero-order valence-electron chi connectivity index (χ0n) is 9.49. The summed E-state index contributed by atoms with van der Waals surface area (Å²) in [4.78, 5) is 11.8. The summed E-state index contributed by atoms with van der Waals surface area (Å²) < 4.78 is 5.14. The first-order chi connectivity index (χ1) is 7.70. The Morgan fingerprint density at radius 3 is 2.94 bits per heavy atom. The molecule has 0 spiro atoms. The van der Waals surface area contributed by atoms with Crippen LogP contribution in [0.5, 0.6) is 5.75 Å². The van der Waals surface area contributed by atoms with Crippen LogP contribution in [0.3, 0.4) is 0 Å². The number of benzene rings is 1. The summed E-state index contributed by atoms with van der Waals surface area (Å²) in [6, 6.07) is 7.48. The fourth-order valence-corrected chi connectivity index (χ4v) is 1.85. The lowest BCUT2D eigenvalue weighted by atomic mass is 10.0. The quantitative estimate of drug-likeness (QED) is 0.776. The van der Waals surface area contributed by atoms with Gasteiger partial charge in [-0.2, -0.15) is 0 Å². The second-order valence-electron chi connectivity index (χ2n) is 4.03. The van der Waals surface area contributed by atoms with Gasteiger partial charge in [-0.1, -0.05) is 12.1 Å². The second kappa shape index (κ2) is 4.53. The van der Waals surface area contributed by atoms with Crippen molar-refractivity contribution in [2.24, 2.45) is 0 Å². The van der Waals surface area contributed by atoms with Crippen molar-refractivity contribution in [3.8, 4) is 5.75 Å². The number of hydrogen-bond donors (Lipinski definition) is 2. The molecule has 4 nitrogen and oxygen atoms in total. The summed E-state index contributed by atoms with van der Waals surface area (Å²) in [5, 5.41) is 6.14. The average molecular weight is 220 g/mol. The number of nitrogens with one attached hydrogen (secondary N) is 2. The van der Waals surface area contributed by atoms with Gasteiger partial charge in [0.15, 0.2) is 0 Å². The van der Waals surface area contributed by atoms with Gasteiger partial charge in [-0.15, -0.1) is 0 Å². The molecule has 1 amide bonds. The summed E-state index contributed by atoms with van der Waals surface area (Å²) in [6.45, 7) is 2.76. The molecular weight excluding hydrogens is 204 g/mol. The largest absolute Gasteiger partial charge is 0.497 e. The van der Waals surface area contributed by atoms with Gasteiger partial charge in [-0.3, -0.25) is 4.79 Å². The van der Waals surface area contributed by atoms with Gasteiger partial charge >= 0.3 is 0 Å². The Labute approximate surface area is 95.0 Å². The lowest BCUT2D eigenvalue weighted by Crippen LogP contribution is -2.52. The number of piperazine rings is 1. The van der Waals surface area contributed by atoms with Gasteiger partial charge in [0.25, 0.3) is 0 Å². The van der Waals surface area contributed by atoms with E-state index < -0.39 is 0 Å². The number of rotatable bonds is 2. The minimum Gasteiger partial charge on any atom is -0.497 e. The molecule has 0 aromatic heterocycles. The standard InChI is InChI=1S/C12H16N2O2/c1-8-7-13-11(12(15)14-8)9-4-3-5-10(6-9)16-2/h3-6,8,11,13H,7H2,1-2H3,(H,14,15)/t8-,11-/m0/s1. The topological polar surface area (TPSA) is 50.4 Å². The molecule has 86 valence electrons. The number of ether oxygens (including phenoxy) is 1. The van der Waals surface area contributed by atoms with E-state index in [4.69, 9.17) is 4.74 Å². The third-order valence-electron chi connectivity index (χ3n) is 2.71. The zero-order valence-corrected chi connectivity index (χ0v) is 9.49. The Hall–Kier alpha value is -1.55. The van der Waals surface area contributed by atoms with Crippen LogP contribution in [0.1, 0.15) is 18.5 Å². The van der Waals surface area contributed by atoms with Crippen LogP contribution in [0.4, 0.5) is 0 Å². The van der Waals surface area contributed by atoms with Crippen molar-refractivity contribution < 1.29 is 9.53 Å². The predicted molar refractivity (Wildman–Crippen MR) is 61.3 cm³/mol. The number of carbonyl (C=O) groups is 1. The summed E-state index contributed by atoms with van der Waals surface area (Å²) in [6.07, 6.45) is 0. The molecule has 0 radical (unpaired) electrons. The summed E-state index contributed by atoms with van der Waals surface area (Å²) in [5.74, 6) is 0.790. The van der Waals surface area contributed by atoms with Crippen LogP contribution in [0.15, 0.2) is 24.3 Å². The molecule has 0 bridgehead atoms. The van der Waals surface area contributed by atoms with Gasteiger partial charge in [0.1, 0.15) is 11.8 Å². The number of methoxy groups -OCH3 is 1. The van der Waals surface area contributed by atoms with Crippen LogP contribution in [0.25, 0.3) is 0 Å². The van der Waals surface area contributed by atoms with Crippen LogP contribution < -0.4 is 15.4 Å². The molecule has 2 rings (SSSR count). The van der Waals surface area contributed by atoms with Crippen LogP contribution in [0, 0.1) is 0 Å². The highest BCUT2D eigenvalue weighted by atomic mass is 16.5. The fraction of sp³-hybridized carbons (Fsp3) is 0.417. The molecule has 1 heterocycles. The Kier molecular flexibility index (Phi) is 3.10. The third kappa shape index (κ3) is 2.17. The highest BCUT2D eigenvalue weighted by Gasteiger charge is 2.26. The van der Waals surface area contributed by atoms with E-state index in [2.05, 4.69) is 10.6 Å². The van der Waals surface area contributed by atoms with Crippen LogP contribution in [-0.4, -0.2) is 25.6 Å². The van der Waals surface area contributed by atoms with Gasteiger partial charge in [0.05, 0.1) is 7.11 Å². The van der Waals surface area contributed by atoms with Crippen molar-refractivity contribution in [3.63, 3.8) is 0 Å². The van der Waals surface area contributed by atoms with E-state index in [-0.39, 0.29) is 18.0 Å². The number of amides is 1. The van der Waals surface area contributed by atoms with Crippen molar-refractivity contribution >= 4 is 5.91 Å². The maximum absolute atomic E-state index is 11.8. The number of hydrogen-bond acceptors (Lipinski definition) is 3. The molecule has 0 aliphatic carbocycles. The molecule has 1 saturated heterocycles. The fourth-order valence-electron chi connectivity index (χ4n) is 1.85. The first-order valence-electron chi connectivity index (χ1n) is 5.38. The van der Waals surface area contributed by atoms with Gasteiger partial charge in [0.2, 0.25) is 5.91 Å². The Morgan fingerprint density at radius 2 is 2.25 bits per heavy atom. The van der Waals surface area contributed by atoms with Crippen molar-refractivity contribution in [2.45, 2.75) is 19.0 Å². The number of carbonyl (C=O) groups excluding carboxylic acids is 1. The van der Waals surface area contributed by atoms with E-state index in [1.165, 1.54) is 0 Å². The monoisotopic (exact) mass is 220 g/mol. The minimum absolute atomic E-state index is 0.0204. The van der Waals surface area contributed by atoms with Gasteiger partial charge in [-0.25, -0.2) is 0 Å². The third-order valence-corrected chi connectivity index (χ3v) is 2.71. The molecule has 2 N–H and O–H groups in total. The van der Waals surface area contributed by atoms with E-state index in [9.17, 15) is 4.79 Å². The molecular formula is C12H16N2O2. The molecule has 1 aliphatic rings. The SMILES string of the molecule is COc1cccc([C@@H]2NC[C@H](C)NC2=O)c1. The highest BCUT2D eigenvalue weighted by Crippen LogP contribution is 2.20. The minimum atomic E-state index is -0.272. The van der Waals surface area contributed by atoms with Crippen molar-refractivity contribution in [1.29, 1.82) is 0 Å². The maximum atomic E-state index is 11.8. The van der Waals surface area contributed by atoms with Crippen LogP contribution >= 0.6 is 0 Å². The highest BCUT2D eigenvalue weighted by molar-refractivity contribution is 5.84. The first kappa shape index (κ1) is 11.0. The summed E-state index contributed by atoms with van der Waals surface area (Å²) in [5.41, 5.74) is 0.934. The average Bonchev–Trinajstić information content (AvgIpc) is 2.29. The zero-order chi connectivity index (χ0) is 11.5. The van der Waals surface area contributed by atoms with E-state index in [1.807, 2.05) is 31.2 Å². The normalized spacial score (nSPS) is 25.0. The Morgan fingerprint density at radius 1 is 1.44 bits per heavy atom. The van der Waals surface area contributed by atoms with Crippen molar-refractivity contribution in [3.05, 3.63) is 29.8 Å². The lowest BCUT2D eigenvalue weighted by Gasteiger charge is -2.28. The maximum Gasteiger partial charge on any atom is 0.241 e. The van der Waals surface area contributed by atoms with E-state index in [1.54, 1.807) is 7.11 Å². The van der Waals surface area contributed by atoms with E-state index >= 15 is 0 Å². The lowest BCUT2D eigenvalue weighted by molar-refractivity contribution is -0.125. The molecule has 0 unspecified atom stereocenters. The van der Waals surface area contributed by atoms with Gasteiger partial charge in [0, 0.05) is 12.6 Å². The van der Waals surface area contributed by atoms with Gasteiger partial charge < -0.3 is 15.4 Å². The van der Waals surface area contributed by atoms with Crippen molar-refractivity contribution in [2.75, 3.05) is 13.7 Å². The molecule has 16 heavy (non-hydrogen) atoms. The summed E-state index contributed by atoms with van der Waals surface area (Å²) >= 11 is 0. The smallest absolute Gasteiger partial charge is 0.241 e. The van der Waals surface area contributed by atoms with Crippen molar-refractivity contribution in [1.82, 2.24) is 10.6 Å². The van der Waals surface area contributed by atoms with Crippen LogP contribution in [-0.2, 0) is 4.79 Å². The molecule has 1 aromatic carbocycles. The molecule has 1 aromatic rings. The molecule has 4 heteroatoms. The first-order valence-corrected chi connectivity index (χ1v) is 5.38. The molecule has 1 aliphatic heterocycles. The Balaban J connectivity index is 2.20. The molecule has 0 saturated carbocycles. The molecule has 1 fully saturated rings. The Bertz CT molecular complexity index is 392. The van der Waals surface area contributed by atoms with E-state index in [0.717, 1.165) is 17.9 Å². The van der Waals surface area contributed by atoms with Crippen LogP contribution in [0.2, 0.25) is 0 Å². The molecule has 2 atom stereocenters. The second-order valence-corrected chi connectivity index (χ2v) is 4.03. The predicted octanol–water partition coefficient (Wildman–Crippen LogP) is 0.844. The van der Waals surface area contributed by atoms with E-state index in [0.29, 0.717) is 0 Å². The van der Waals surface area contributed by atoms with Gasteiger partial charge in [-0.05, 0) is 24.6 Å². The summed E-state index contributed by atoms with van der Waals surface area (Å²) in [7, 11) is 1.62.